The third kappa shape index (κ3) is 2.23. The molecule has 0 spiro atoms. The first-order valence-electron chi connectivity index (χ1n) is 4.27. The molecule has 0 aliphatic heterocycles. The van der Waals surface area contributed by atoms with Gasteiger partial charge in [0.1, 0.15) is 8.30 Å². The minimum absolute atomic E-state index is 0.0872. The van der Waals surface area contributed by atoms with Crippen molar-refractivity contribution in [2.24, 2.45) is 0 Å². The second-order valence-electron chi connectivity index (χ2n) is 2.85. The lowest BCUT2D eigenvalue weighted by Gasteiger charge is -2.06. The quantitative estimate of drug-likeness (QED) is 0.790. The second-order valence-corrected chi connectivity index (χ2v) is 4.77. The zero-order valence-corrected chi connectivity index (χ0v) is 11.4. The highest BCUT2D eigenvalue weighted by Crippen LogP contribution is 2.20. The molecule has 0 aliphatic carbocycles. The van der Waals surface area contributed by atoms with Crippen LogP contribution in [-0.4, -0.2) is 32.9 Å². The third-order valence-electron chi connectivity index (χ3n) is 1.82. The Balaban J connectivity index is 2.52. The van der Waals surface area contributed by atoms with Crippen molar-refractivity contribution in [2.75, 3.05) is 18.5 Å². The van der Waals surface area contributed by atoms with Gasteiger partial charge in [-0.1, -0.05) is 0 Å². The third-order valence-corrected chi connectivity index (χ3v) is 2.95. The molecule has 2 aromatic rings. The molecule has 0 fully saturated rings. The zero-order chi connectivity index (χ0) is 10.8. The first kappa shape index (κ1) is 11.1. The van der Waals surface area contributed by atoms with Crippen LogP contribution in [0.5, 0.6) is 0 Å². The summed E-state index contributed by atoms with van der Waals surface area (Å²) < 4.78 is 3.41. The predicted octanol–water partition coefficient (Wildman–Crippen LogP) is 1.50. The smallest absolute Gasteiger partial charge is 0.178 e. The van der Waals surface area contributed by atoms with Gasteiger partial charge < -0.3 is 10.4 Å². The molecule has 0 saturated heterocycles. The average Bonchev–Trinajstić information content (AvgIpc) is 2.57. The van der Waals surface area contributed by atoms with Crippen molar-refractivity contribution in [3.05, 3.63) is 20.6 Å². The number of anilines is 1. The molecule has 0 radical (unpaired) electrons. The van der Waals surface area contributed by atoms with Crippen LogP contribution in [0.25, 0.3) is 5.65 Å². The maximum atomic E-state index is 8.76. The molecule has 15 heavy (non-hydrogen) atoms. The van der Waals surface area contributed by atoms with Crippen molar-refractivity contribution in [3.8, 4) is 0 Å². The van der Waals surface area contributed by atoms with E-state index in [2.05, 4.69) is 53.9 Å². The fourth-order valence-electron chi connectivity index (χ4n) is 1.23. The lowest BCUT2D eigenvalue weighted by atomic mass is 10.4. The molecule has 80 valence electrons. The predicted molar refractivity (Wildman–Crippen MR) is 69.0 cm³/mol. The van der Waals surface area contributed by atoms with Crippen molar-refractivity contribution in [2.45, 2.75) is 0 Å². The van der Waals surface area contributed by atoms with Crippen molar-refractivity contribution < 1.29 is 5.11 Å². The molecule has 7 heteroatoms. The number of hydrogen-bond acceptors (Lipinski definition) is 4. The molecule has 0 aromatic carbocycles. The first-order valence-corrected chi connectivity index (χ1v) is 6.14. The summed E-state index contributed by atoms with van der Waals surface area (Å²) in [5, 5.41) is 16.1. The van der Waals surface area contributed by atoms with Gasteiger partial charge in [-0.2, -0.15) is 5.10 Å². The molecule has 2 heterocycles. The van der Waals surface area contributed by atoms with Crippen molar-refractivity contribution >= 4 is 49.9 Å². The fraction of sp³-hybridized carbons (Fsp3) is 0.250. The number of fused-ring (bicyclic) bond motifs is 1. The van der Waals surface area contributed by atoms with Crippen LogP contribution in [0.1, 0.15) is 0 Å². The summed E-state index contributed by atoms with van der Waals surface area (Å²) in [7, 11) is 0. The van der Waals surface area contributed by atoms with E-state index in [1.165, 1.54) is 0 Å². The Hall–Kier alpha value is -0.410. The zero-order valence-electron chi connectivity index (χ0n) is 7.61. The Morgan fingerprint density at radius 3 is 3.13 bits per heavy atom. The van der Waals surface area contributed by atoms with E-state index in [1.54, 1.807) is 10.7 Å². The van der Waals surface area contributed by atoms with Crippen LogP contribution in [0.2, 0.25) is 0 Å². The van der Waals surface area contributed by atoms with Crippen LogP contribution in [-0.2, 0) is 0 Å². The number of aliphatic hydroxyl groups is 1. The van der Waals surface area contributed by atoms with Crippen LogP contribution in [0, 0.1) is 3.70 Å². The highest BCUT2D eigenvalue weighted by Gasteiger charge is 2.08. The summed E-state index contributed by atoms with van der Waals surface area (Å²) >= 11 is 5.49. The van der Waals surface area contributed by atoms with E-state index in [4.69, 9.17) is 5.11 Å². The van der Waals surface area contributed by atoms with E-state index >= 15 is 0 Å². The largest absolute Gasteiger partial charge is 0.395 e. The van der Waals surface area contributed by atoms with E-state index in [-0.39, 0.29) is 6.61 Å². The van der Waals surface area contributed by atoms with Gasteiger partial charge in [-0.05, 0) is 44.6 Å². The van der Waals surface area contributed by atoms with E-state index in [0.29, 0.717) is 6.54 Å². The number of hydrogen-bond donors (Lipinski definition) is 2. The fourth-order valence-corrected chi connectivity index (χ4v) is 2.10. The van der Waals surface area contributed by atoms with Gasteiger partial charge in [-0.15, -0.1) is 0 Å². The maximum absolute atomic E-state index is 8.76. The Morgan fingerprint density at radius 2 is 2.40 bits per heavy atom. The van der Waals surface area contributed by atoms with Gasteiger partial charge in [0, 0.05) is 6.54 Å². The van der Waals surface area contributed by atoms with Crippen molar-refractivity contribution in [1.82, 2.24) is 14.6 Å². The van der Waals surface area contributed by atoms with E-state index < -0.39 is 0 Å². The molecule has 0 aliphatic rings. The summed E-state index contributed by atoms with van der Waals surface area (Å²) in [6, 6.07) is 1.84. The maximum Gasteiger partial charge on any atom is 0.178 e. The summed E-state index contributed by atoms with van der Waals surface area (Å²) in [4.78, 5) is 4.24. The molecule has 0 saturated carbocycles. The van der Waals surface area contributed by atoms with Crippen LogP contribution >= 0.6 is 38.5 Å². The lowest BCUT2D eigenvalue weighted by molar-refractivity contribution is 0.311. The average molecular weight is 383 g/mol. The van der Waals surface area contributed by atoms with Crippen LogP contribution in [0.15, 0.2) is 16.9 Å². The number of nitrogens with one attached hydrogen (secondary N) is 1. The molecule has 2 rings (SSSR count). The molecular formula is C8H8BrIN4O. The van der Waals surface area contributed by atoms with Crippen molar-refractivity contribution in [3.63, 3.8) is 0 Å². The van der Waals surface area contributed by atoms with Gasteiger partial charge >= 0.3 is 0 Å². The number of rotatable bonds is 3. The molecule has 0 atom stereocenters. The summed E-state index contributed by atoms with van der Waals surface area (Å²) in [5.41, 5.74) is 1.62. The van der Waals surface area contributed by atoms with Gasteiger partial charge in [0.05, 0.1) is 18.5 Å². The highest BCUT2D eigenvalue weighted by molar-refractivity contribution is 14.1. The Morgan fingerprint density at radius 1 is 1.60 bits per heavy atom. The Kier molecular flexibility index (Phi) is 3.42. The van der Waals surface area contributed by atoms with Crippen molar-refractivity contribution in [1.29, 1.82) is 0 Å². The van der Waals surface area contributed by atoms with Gasteiger partial charge in [-0.25, -0.2) is 9.50 Å². The molecular weight excluding hydrogens is 375 g/mol. The topological polar surface area (TPSA) is 62.5 Å². The number of halogens is 2. The molecule has 0 bridgehead atoms. The normalized spacial score (nSPS) is 10.9. The highest BCUT2D eigenvalue weighted by atomic mass is 127. The number of imidazole rings is 1. The summed E-state index contributed by atoms with van der Waals surface area (Å²) in [6.45, 7) is 0.583. The molecule has 0 unspecified atom stereocenters. The second kappa shape index (κ2) is 4.62. The Labute approximate surface area is 108 Å². The standard InChI is InChI=1S/C8H8BrIN4O/c9-6-3-5(11-1-2-15)8-12-4-7(10)14(8)13-6/h3-4,11,15H,1-2H2. The number of nitrogens with zero attached hydrogens (tertiary/aromatic N) is 3. The monoisotopic (exact) mass is 382 g/mol. The number of aromatic nitrogens is 3. The van der Waals surface area contributed by atoms with Crippen LogP contribution < -0.4 is 5.32 Å². The molecule has 5 nitrogen and oxygen atoms in total. The van der Waals surface area contributed by atoms with E-state index in [1.807, 2.05) is 6.07 Å². The minimum Gasteiger partial charge on any atom is -0.395 e. The lowest BCUT2D eigenvalue weighted by Crippen LogP contribution is -2.08. The van der Waals surface area contributed by atoms with Gasteiger partial charge in [0.15, 0.2) is 5.65 Å². The van der Waals surface area contributed by atoms with Crippen LogP contribution in [0.3, 0.4) is 0 Å². The first-order chi connectivity index (χ1) is 7.22. The van der Waals surface area contributed by atoms with Crippen LogP contribution in [0.4, 0.5) is 5.69 Å². The molecule has 0 amide bonds. The van der Waals surface area contributed by atoms with E-state index in [0.717, 1.165) is 19.6 Å². The van der Waals surface area contributed by atoms with Gasteiger partial charge in [-0.3, -0.25) is 0 Å². The molecule has 2 N–H and O–H groups in total. The summed E-state index contributed by atoms with van der Waals surface area (Å²) in [5.74, 6) is 0. The molecule has 2 aromatic heterocycles. The van der Waals surface area contributed by atoms with E-state index in [9.17, 15) is 0 Å². The summed E-state index contributed by atoms with van der Waals surface area (Å²) in [6.07, 6.45) is 1.75. The Bertz CT molecular complexity index is 487. The number of aliphatic hydroxyl groups excluding tert-OH is 1. The van der Waals surface area contributed by atoms with Gasteiger partial charge in [0.25, 0.3) is 0 Å². The van der Waals surface area contributed by atoms with Gasteiger partial charge in [0.2, 0.25) is 0 Å². The minimum atomic E-state index is 0.0872. The SMILES string of the molecule is OCCNc1cc(Br)nn2c(I)cnc12.